The highest BCUT2D eigenvalue weighted by molar-refractivity contribution is 5.76. The fraction of sp³-hybridized carbons (Fsp3) is 0.545. The van der Waals surface area contributed by atoms with Crippen LogP contribution in [-0.2, 0) is 28.0 Å². The van der Waals surface area contributed by atoms with E-state index in [1.807, 2.05) is 10.9 Å². The number of carbonyl (C=O) groups is 1. The number of imidazole rings is 1. The van der Waals surface area contributed by atoms with E-state index in [0.717, 1.165) is 44.7 Å². The average Bonchev–Trinajstić information content (AvgIpc) is 3.07. The van der Waals surface area contributed by atoms with E-state index in [0.29, 0.717) is 6.54 Å². The molecule has 1 fully saturated rings. The van der Waals surface area contributed by atoms with Crippen molar-refractivity contribution in [1.29, 1.82) is 0 Å². The number of hydrogen-bond donors (Lipinski definition) is 2. The van der Waals surface area contributed by atoms with Crippen LogP contribution in [0.5, 0.6) is 0 Å². The van der Waals surface area contributed by atoms with E-state index in [-0.39, 0.29) is 17.5 Å². The van der Waals surface area contributed by atoms with E-state index in [1.165, 1.54) is 22.4 Å². The molecule has 2 N–H and O–H groups in total. The van der Waals surface area contributed by atoms with Gasteiger partial charge in [-0.3, -0.25) is 4.79 Å². The highest BCUT2D eigenvalue weighted by atomic mass is 16.5. The van der Waals surface area contributed by atoms with Crippen molar-refractivity contribution < 1.29 is 9.53 Å². The minimum Gasteiger partial charge on any atom is -0.381 e. The lowest BCUT2D eigenvalue weighted by Gasteiger charge is -2.40. The Morgan fingerprint density at radius 1 is 1.32 bits per heavy atom. The molecule has 3 heterocycles. The Morgan fingerprint density at radius 3 is 2.75 bits per heavy atom. The smallest absolute Gasteiger partial charge is 0.240 e. The molecule has 1 saturated heterocycles. The second kappa shape index (κ2) is 7.68. The number of aromatic nitrogens is 2. The van der Waals surface area contributed by atoms with Gasteiger partial charge in [-0.15, -0.1) is 0 Å². The van der Waals surface area contributed by atoms with Gasteiger partial charge in [0.25, 0.3) is 0 Å². The Hall–Kier alpha value is -2.18. The van der Waals surface area contributed by atoms with Crippen LogP contribution in [0.25, 0.3) is 0 Å². The summed E-state index contributed by atoms with van der Waals surface area (Å²) in [6, 6.07) is 6.23. The number of nitrogens with one attached hydrogen (secondary N) is 2. The summed E-state index contributed by atoms with van der Waals surface area (Å²) in [6.07, 6.45) is 4.61. The van der Waals surface area contributed by atoms with Crippen LogP contribution in [0.1, 0.15) is 53.9 Å². The molecular formula is C22H30N4O2. The molecule has 0 bridgehead atoms. The van der Waals surface area contributed by atoms with Crippen molar-refractivity contribution in [3.63, 3.8) is 0 Å². The summed E-state index contributed by atoms with van der Waals surface area (Å²) in [7, 11) is 0. The lowest BCUT2D eigenvalue weighted by molar-refractivity contribution is -0.122. The summed E-state index contributed by atoms with van der Waals surface area (Å²) in [6.45, 7) is 8.98. The number of rotatable bonds is 4. The predicted octanol–water partition coefficient (Wildman–Crippen LogP) is 2.53. The molecule has 2 aliphatic rings. The van der Waals surface area contributed by atoms with Gasteiger partial charge in [0.15, 0.2) is 0 Å². The van der Waals surface area contributed by atoms with E-state index < -0.39 is 0 Å². The van der Waals surface area contributed by atoms with Gasteiger partial charge in [-0.1, -0.05) is 18.2 Å². The Bertz CT molecular complexity index is 847. The molecule has 150 valence electrons. The number of hydrogen-bond acceptors (Lipinski definition) is 4. The van der Waals surface area contributed by atoms with Crippen molar-refractivity contribution in [1.82, 2.24) is 20.2 Å². The molecular weight excluding hydrogens is 352 g/mol. The van der Waals surface area contributed by atoms with Gasteiger partial charge in [-0.05, 0) is 50.3 Å². The third kappa shape index (κ3) is 3.47. The standard InChI is InChI=1S/C22H30N4O2/c1-15-5-4-6-16(2)20(15)17(3)25-19(27)13-26-14-23-21-18(26)7-10-24-22(21)8-11-28-12-9-22/h4-6,14,17,24H,7-13H2,1-3H3,(H,25,27). The molecule has 1 atom stereocenters. The van der Waals surface area contributed by atoms with Gasteiger partial charge in [0, 0.05) is 31.9 Å². The molecule has 2 aliphatic heterocycles. The van der Waals surface area contributed by atoms with Gasteiger partial charge in [0.05, 0.1) is 23.6 Å². The zero-order chi connectivity index (χ0) is 19.7. The van der Waals surface area contributed by atoms with Crippen molar-refractivity contribution in [3.05, 3.63) is 52.6 Å². The molecule has 0 saturated carbocycles. The highest BCUT2D eigenvalue weighted by Gasteiger charge is 2.40. The fourth-order valence-corrected chi connectivity index (χ4v) is 4.87. The van der Waals surface area contributed by atoms with Gasteiger partial charge in [-0.25, -0.2) is 4.98 Å². The minimum absolute atomic E-state index is 0.0171. The number of aryl methyl sites for hydroxylation is 2. The van der Waals surface area contributed by atoms with Crippen molar-refractivity contribution in [3.8, 4) is 0 Å². The summed E-state index contributed by atoms with van der Waals surface area (Å²) in [5.74, 6) is 0.0231. The number of carbonyl (C=O) groups excluding carboxylic acids is 1. The second-order valence-corrected chi connectivity index (χ2v) is 8.13. The molecule has 4 rings (SSSR count). The molecule has 28 heavy (non-hydrogen) atoms. The van der Waals surface area contributed by atoms with Crippen molar-refractivity contribution in [2.45, 2.75) is 58.2 Å². The summed E-state index contributed by atoms with van der Waals surface area (Å²) < 4.78 is 7.58. The summed E-state index contributed by atoms with van der Waals surface area (Å²) in [5.41, 5.74) is 5.83. The highest BCUT2D eigenvalue weighted by Crippen LogP contribution is 2.35. The van der Waals surface area contributed by atoms with Crippen LogP contribution >= 0.6 is 0 Å². The second-order valence-electron chi connectivity index (χ2n) is 8.13. The van der Waals surface area contributed by atoms with Crippen LogP contribution in [0.3, 0.4) is 0 Å². The normalized spacial score (nSPS) is 19.2. The molecule has 1 unspecified atom stereocenters. The van der Waals surface area contributed by atoms with E-state index >= 15 is 0 Å². The van der Waals surface area contributed by atoms with Crippen LogP contribution in [-0.4, -0.2) is 35.2 Å². The number of amides is 1. The Labute approximate surface area is 166 Å². The van der Waals surface area contributed by atoms with E-state index in [4.69, 9.17) is 9.72 Å². The van der Waals surface area contributed by atoms with Gasteiger partial charge in [-0.2, -0.15) is 0 Å². The zero-order valence-electron chi connectivity index (χ0n) is 17.0. The maximum Gasteiger partial charge on any atom is 0.240 e. The summed E-state index contributed by atoms with van der Waals surface area (Å²) in [4.78, 5) is 17.5. The number of benzene rings is 1. The van der Waals surface area contributed by atoms with Crippen molar-refractivity contribution in [2.75, 3.05) is 19.8 Å². The van der Waals surface area contributed by atoms with Gasteiger partial charge in [0.1, 0.15) is 6.54 Å². The fourth-order valence-electron chi connectivity index (χ4n) is 4.87. The zero-order valence-corrected chi connectivity index (χ0v) is 17.0. The van der Waals surface area contributed by atoms with Gasteiger partial charge >= 0.3 is 0 Å². The van der Waals surface area contributed by atoms with Crippen LogP contribution < -0.4 is 10.6 Å². The first kappa shape index (κ1) is 19.2. The number of nitrogens with zero attached hydrogens (tertiary/aromatic N) is 2. The predicted molar refractivity (Wildman–Crippen MR) is 108 cm³/mol. The van der Waals surface area contributed by atoms with Crippen LogP contribution in [0.4, 0.5) is 0 Å². The Kier molecular flexibility index (Phi) is 5.25. The van der Waals surface area contributed by atoms with Gasteiger partial charge in [0.2, 0.25) is 5.91 Å². The lowest BCUT2D eigenvalue weighted by Crippen LogP contribution is -2.51. The first-order chi connectivity index (χ1) is 13.5. The lowest BCUT2D eigenvalue weighted by atomic mass is 9.82. The van der Waals surface area contributed by atoms with Crippen LogP contribution in [0.15, 0.2) is 24.5 Å². The summed E-state index contributed by atoms with van der Waals surface area (Å²) >= 11 is 0. The van der Waals surface area contributed by atoms with Crippen molar-refractivity contribution in [2.24, 2.45) is 0 Å². The van der Waals surface area contributed by atoms with Gasteiger partial charge < -0.3 is 19.9 Å². The minimum atomic E-state index is -0.0842. The first-order valence-electron chi connectivity index (χ1n) is 10.2. The maximum absolute atomic E-state index is 12.8. The average molecular weight is 383 g/mol. The third-order valence-electron chi connectivity index (χ3n) is 6.24. The molecule has 0 aliphatic carbocycles. The molecule has 2 aromatic rings. The topological polar surface area (TPSA) is 68.2 Å². The quantitative estimate of drug-likeness (QED) is 0.853. The molecule has 6 nitrogen and oxygen atoms in total. The first-order valence-corrected chi connectivity index (χ1v) is 10.2. The van der Waals surface area contributed by atoms with E-state index in [9.17, 15) is 4.79 Å². The third-order valence-corrected chi connectivity index (χ3v) is 6.24. The molecule has 6 heteroatoms. The van der Waals surface area contributed by atoms with E-state index in [1.54, 1.807) is 0 Å². The SMILES string of the molecule is Cc1cccc(C)c1C(C)NC(=O)Cn1cnc2c1CCNC21CCOCC1. The molecule has 1 aromatic heterocycles. The molecule has 1 amide bonds. The number of fused-ring (bicyclic) bond motifs is 2. The largest absolute Gasteiger partial charge is 0.381 e. The summed E-state index contributed by atoms with van der Waals surface area (Å²) in [5, 5.41) is 6.84. The monoisotopic (exact) mass is 382 g/mol. The molecule has 0 radical (unpaired) electrons. The van der Waals surface area contributed by atoms with E-state index in [2.05, 4.69) is 49.6 Å². The van der Waals surface area contributed by atoms with Crippen LogP contribution in [0.2, 0.25) is 0 Å². The maximum atomic E-state index is 12.8. The Morgan fingerprint density at radius 2 is 2.04 bits per heavy atom. The van der Waals surface area contributed by atoms with Crippen molar-refractivity contribution >= 4 is 5.91 Å². The number of ether oxygens (including phenoxy) is 1. The molecule has 1 spiro atoms. The van der Waals surface area contributed by atoms with Crippen LogP contribution in [0, 0.1) is 13.8 Å². The Balaban J connectivity index is 1.49. The molecule has 1 aromatic carbocycles.